The number of ether oxygens (including phenoxy) is 2. The van der Waals surface area contributed by atoms with Crippen LogP contribution >= 0.6 is 0 Å². The molecule has 0 saturated carbocycles. The number of amides is 3. The summed E-state index contributed by atoms with van der Waals surface area (Å²) in [6.07, 6.45) is 2.54. The van der Waals surface area contributed by atoms with Crippen molar-refractivity contribution in [1.82, 2.24) is 5.32 Å². The molecule has 0 aromatic heterocycles. The third-order valence-corrected chi connectivity index (χ3v) is 3.71. The quantitative estimate of drug-likeness (QED) is 0.430. The number of hydrogen-bond donors (Lipinski definition) is 3. The minimum absolute atomic E-state index is 0.0947. The van der Waals surface area contributed by atoms with Gasteiger partial charge in [-0.1, -0.05) is 6.08 Å². The molecule has 0 bridgehead atoms. The summed E-state index contributed by atoms with van der Waals surface area (Å²) in [6.45, 7) is 4.37. The molecule has 2 aromatic carbocycles. The van der Waals surface area contributed by atoms with Crippen LogP contribution in [0, 0.1) is 0 Å². The van der Waals surface area contributed by atoms with Crippen LogP contribution in [-0.2, 0) is 4.79 Å². The lowest BCUT2D eigenvalue weighted by Gasteiger charge is -2.09. The monoisotopic (exact) mass is 383 g/mol. The van der Waals surface area contributed by atoms with E-state index in [1.807, 2.05) is 24.3 Å². The topological polar surface area (TPSA) is 88.7 Å². The van der Waals surface area contributed by atoms with Crippen molar-refractivity contribution in [2.24, 2.45) is 0 Å². The summed E-state index contributed by atoms with van der Waals surface area (Å²) < 4.78 is 10.7. The fourth-order valence-corrected chi connectivity index (χ4v) is 2.30. The van der Waals surface area contributed by atoms with Gasteiger partial charge in [-0.25, -0.2) is 4.79 Å². The lowest BCUT2D eigenvalue weighted by Crippen LogP contribution is -2.28. The molecular formula is C21H25N3O4. The second-order valence-corrected chi connectivity index (χ2v) is 5.88. The molecule has 28 heavy (non-hydrogen) atoms. The van der Waals surface area contributed by atoms with Crippen LogP contribution in [0.2, 0.25) is 0 Å². The predicted octanol–water partition coefficient (Wildman–Crippen LogP) is 3.80. The van der Waals surface area contributed by atoms with Crippen LogP contribution in [0.3, 0.4) is 0 Å². The Morgan fingerprint density at radius 3 is 2.18 bits per heavy atom. The zero-order valence-electron chi connectivity index (χ0n) is 15.9. The van der Waals surface area contributed by atoms with Crippen LogP contribution in [0.4, 0.5) is 16.2 Å². The van der Waals surface area contributed by atoms with E-state index in [1.165, 1.54) is 0 Å². The Morgan fingerprint density at radius 1 is 0.964 bits per heavy atom. The van der Waals surface area contributed by atoms with E-state index in [0.29, 0.717) is 37.4 Å². The summed E-state index contributed by atoms with van der Waals surface area (Å²) in [4.78, 5) is 23.6. The van der Waals surface area contributed by atoms with Crippen molar-refractivity contribution < 1.29 is 19.1 Å². The molecule has 0 saturated heterocycles. The highest BCUT2D eigenvalue weighted by atomic mass is 16.5. The maximum atomic E-state index is 12.0. The van der Waals surface area contributed by atoms with Gasteiger partial charge in [0.2, 0.25) is 5.91 Å². The molecule has 3 N–H and O–H groups in total. The summed E-state index contributed by atoms with van der Waals surface area (Å²) in [5.74, 6) is 1.41. The van der Waals surface area contributed by atoms with Gasteiger partial charge in [0.25, 0.3) is 0 Å². The average Bonchev–Trinajstić information content (AvgIpc) is 2.71. The predicted molar refractivity (Wildman–Crippen MR) is 110 cm³/mol. The van der Waals surface area contributed by atoms with E-state index in [0.717, 1.165) is 11.5 Å². The smallest absolute Gasteiger partial charge is 0.319 e. The highest BCUT2D eigenvalue weighted by Crippen LogP contribution is 2.17. The number of urea groups is 1. The number of anilines is 2. The van der Waals surface area contributed by atoms with Crippen molar-refractivity contribution >= 4 is 23.3 Å². The molecule has 7 heteroatoms. The SMILES string of the molecule is C=CCNC(=O)Nc1ccc(NC(=O)CCCOc2ccc(OC)cc2)cc1. The Bertz CT molecular complexity index is 773. The molecule has 0 heterocycles. The van der Waals surface area contributed by atoms with Crippen molar-refractivity contribution in [3.05, 3.63) is 61.2 Å². The summed E-state index contributed by atoms with van der Waals surface area (Å²) in [5.41, 5.74) is 1.30. The number of methoxy groups -OCH3 is 1. The third-order valence-electron chi connectivity index (χ3n) is 3.71. The van der Waals surface area contributed by atoms with Gasteiger partial charge in [0, 0.05) is 24.3 Å². The largest absolute Gasteiger partial charge is 0.497 e. The van der Waals surface area contributed by atoms with Crippen LogP contribution in [0.5, 0.6) is 11.5 Å². The maximum absolute atomic E-state index is 12.0. The molecule has 0 unspecified atom stereocenters. The van der Waals surface area contributed by atoms with Crippen molar-refractivity contribution in [2.75, 3.05) is 30.9 Å². The van der Waals surface area contributed by atoms with E-state index < -0.39 is 0 Å². The van der Waals surface area contributed by atoms with Gasteiger partial charge in [-0.15, -0.1) is 6.58 Å². The van der Waals surface area contributed by atoms with Crippen LogP contribution in [0.1, 0.15) is 12.8 Å². The molecule has 0 atom stereocenters. The van der Waals surface area contributed by atoms with Gasteiger partial charge in [0.05, 0.1) is 13.7 Å². The molecule has 0 aliphatic rings. The van der Waals surface area contributed by atoms with Crippen LogP contribution in [-0.4, -0.2) is 32.2 Å². The zero-order chi connectivity index (χ0) is 20.2. The minimum atomic E-state index is -0.312. The molecule has 7 nitrogen and oxygen atoms in total. The van der Waals surface area contributed by atoms with E-state index >= 15 is 0 Å². The molecule has 3 amide bonds. The fourth-order valence-electron chi connectivity index (χ4n) is 2.30. The van der Waals surface area contributed by atoms with Crippen molar-refractivity contribution in [1.29, 1.82) is 0 Å². The first-order valence-electron chi connectivity index (χ1n) is 8.93. The Morgan fingerprint density at radius 2 is 1.57 bits per heavy atom. The van der Waals surface area contributed by atoms with Gasteiger partial charge in [-0.05, 0) is 55.0 Å². The first-order valence-corrected chi connectivity index (χ1v) is 8.93. The van der Waals surface area contributed by atoms with E-state index in [4.69, 9.17) is 9.47 Å². The van der Waals surface area contributed by atoms with Gasteiger partial charge in [-0.3, -0.25) is 4.79 Å². The molecule has 0 aliphatic carbocycles. The van der Waals surface area contributed by atoms with Crippen molar-refractivity contribution in [3.8, 4) is 11.5 Å². The zero-order valence-corrected chi connectivity index (χ0v) is 15.9. The fraction of sp³-hybridized carbons (Fsp3) is 0.238. The highest BCUT2D eigenvalue weighted by Gasteiger charge is 2.04. The minimum Gasteiger partial charge on any atom is -0.497 e. The Hall–Kier alpha value is -3.48. The number of rotatable bonds is 10. The highest BCUT2D eigenvalue weighted by molar-refractivity contribution is 5.92. The normalized spacial score (nSPS) is 9.89. The molecule has 148 valence electrons. The lowest BCUT2D eigenvalue weighted by atomic mass is 10.2. The number of benzene rings is 2. The van der Waals surface area contributed by atoms with E-state index in [9.17, 15) is 9.59 Å². The summed E-state index contributed by atoms with van der Waals surface area (Å²) >= 11 is 0. The Kier molecular flexibility index (Phi) is 8.39. The standard InChI is InChI=1S/C21H25N3O4/c1-3-14-22-21(26)24-17-8-6-16(7-9-17)23-20(25)5-4-15-28-19-12-10-18(27-2)11-13-19/h3,6-13H,1,4-5,14-15H2,2H3,(H,23,25)(H2,22,24,26). The van der Waals surface area contributed by atoms with Crippen LogP contribution < -0.4 is 25.4 Å². The average molecular weight is 383 g/mol. The van der Waals surface area contributed by atoms with E-state index in [2.05, 4.69) is 22.5 Å². The number of carbonyl (C=O) groups is 2. The van der Waals surface area contributed by atoms with Crippen LogP contribution in [0.15, 0.2) is 61.2 Å². The first kappa shape index (κ1) is 20.8. The molecule has 0 aliphatic heterocycles. The van der Waals surface area contributed by atoms with Gasteiger partial charge < -0.3 is 25.4 Å². The van der Waals surface area contributed by atoms with E-state index in [1.54, 1.807) is 37.5 Å². The van der Waals surface area contributed by atoms with Crippen LogP contribution in [0.25, 0.3) is 0 Å². The molecule has 0 radical (unpaired) electrons. The Balaban J connectivity index is 1.67. The maximum Gasteiger partial charge on any atom is 0.319 e. The van der Waals surface area contributed by atoms with Crippen molar-refractivity contribution in [2.45, 2.75) is 12.8 Å². The molecule has 0 fully saturated rings. The summed E-state index contributed by atoms with van der Waals surface area (Å²) in [6, 6.07) is 13.9. The second kappa shape index (κ2) is 11.3. The van der Waals surface area contributed by atoms with Gasteiger partial charge >= 0.3 is 6.03 Å². The Labute approximate surface area is 164 Å². The van der Waals surface area contributed by atoms with Crippen molar-refractivity contribution in [3.63, 3.8) is 0 Å². The van der Waals surface area contributed by atoms with E-state index in [-0.39, 0.29) is 11.9 Å². The van der Waals surface area contributed by atoms with Gasteiger partial charge in [-0.2, -0.15) is 0 Å². The molecule has 2 rings (SSSR count). The molecule has 2 aromatic rings. The molecular weight excluding hydrogens is 358 g/mol. The number of carbonyl (C=O) groups excluding carboxylic acids is 2. The van der Waals surface area contributed by atoms with Gasteiger partial charge in [0.1, 0.15) is 11.5 Å². The lowest BCUT2D eigenvalue weighted by molar-refractivity contribution is -0.116. The second-order valence-electron chi connectivity index (χ2n) is 5.88. The molecule has 0 spiro atoms. The summed E-state index contributed by atoms with van der Waals surface area (Å²) in [5, 5.41) is 8.12. The summed E-state index contributed by atoms with van der Waals surface area (Å²) in [7, 11) is 1.61. The number of nitrogens with one attached hydrogen (secondary N) is 3. The first-order chi connectivity index (χ1) is 13.6. The number of hydrogen-bond acceptors (Lipinski definition) is 4. The van der Waals surface area contributed by atoms with Gasteiger partial charge in [0.15, 0.2) is 0 Å². The third kappa shape index (κ3) is 7.41.